The summed E-state index contributed by atoms with van der Waals surface area (Å²) in [4.78, 5) is 74.7. The summed E-state index contributed by atoms with van der Waals surface area (Å²) < 4.78 is 229. The number of pyridine rings is 1. The van der Waals surface area contributed by atoms with Crippen molar-refractivity contribution in [2.24, 2.45) is 4.99 Å². The Morgan fingerprint density at radius 2 is 1.10 bits per heavy atom. The maximum absolute atomic E-state index is 15.2. The summed E-state index contributed by atoms with van der Waals surface area (Å²) >= 11 is 0. The van der Waals surface area contributed by atoms with Crippen LogP contribution in [0.15, 0.2) is 152 Å². The summed E-state index contributed by atoms with van der Waals surface area (Å²) in [6.07, 6.45) is -20.9. The van der Waals surface area contributed by atoms with Crippen LogP contribution in [0.25, 0.3) is 77.0 Å². The highest BCUT2D eigenvalue weighted by atomic mass is 19.4. The Morgan fingerprint density at radius 3 is 1.62 bits per heavy atom. The normalized spacial score (nSPS) is 13.7. The van der Waals surface area contributed by atoms with Crippen LogP contribution in [0.3, 0.4) is 0 Å². The molecule has 0 atom stereocenters. The molecule has 7 aromatic carbocycles. The van der Waals surface area contributed by atoms with E-state index >= 15 is 18.2 Å². The molecule has 0 saturated carbocycles. The van der Waals surface area contributed by atoms with Crippen LogP contribution in [0.4, 0.5) is 61.3 Å². The fourth-order valence-corrected chi connectivity index (χ4v) is 11.8. The molecule has 0 aliphatic carbocycles. The Hall–Kier alpha value is -10.3. The minimum Gasteiger partial charge on any atom is -0.462 e. The third-order valence-corrected chi connectivity index (χ3v) is 15.9. The highest BCUT2D eigenvalue weighted by Gasteiger charge is 2.41. The number of benzene rings is 7. The van der Waals surface area contributed by atoms with Crippen molar-refractivity contribution in [2.75, 3.05) is 13.2 Å². The fourth-order valence-electron chi connectivity index (χ4n) is 11.8. The van der Waals surface area contributed by atoms with E-state index in [1.165, 1.54) is 81.4 Å². The van der Waals surface area contributed by atoms with Gasteiger partial charge in [0.2, 0.25) is 0 Å². The second-order valence-corrected chi connectivity index (χ2v) is 21.9. The number of aryl methyl sites for hydroxylation is 2. The molecule has 0 unspecified atom stereocenters. The smallest absolute Gasteiger partial charge is 0.462 e. The third-order valence-electron chi connectivity index (χ3n) is 15.9. The highest BCUT2D eigenvalue weighted by molar-refractivity contribution is 6.42. The highest BCUT2D eigenvalue weighted by Crippen LogP contribution is 2.50. The van der Waals surface area contributed by atoms with E-state index in [9.17, 15) is 67.1 Å². The molecule has 94 heavy (non-hydrogen) atoms. The Kier molecular flexibility index (Phi) is 16.4. The molecule has 0 saturated heterocycles. The van der Waals surface area contributed by atoms with Gasteiger partial charge in [-0.15, -0.1) is 0 Å². The standard InChI is InChI=1S/C67H44BF14N3O9/c1-7-91-62(89)44-28-50(83-32(44)5)57(51-29-45(63(90)92-8-2)33(6)85(51)68(81)82)54-30(3)17-42(18-31(54)4)93-53(86)19-34-13-15-41(16-14-34)84-60(87)48-26-46(35-20-37(64(69,70)71)24-38(21-35)65(72,73)74)55-43-11-9-10-12-52(43)94-59-47(27-49(61(84)88)56(48)58(55)59)36-22-39(66(75,76)77)25-40(23-36)67(78,79)80/h9-18,20-29H,7-8,19H2,1-6H3/b57-50+. The molecule has 0 amide bonds. The lowest BCUT2D eigenvalue weighted by atomic mass is 9.86. The molecule has 482 valence electrons. The molecule has 0 fully saturated rings. The maximum Gasteiger partial charge on any atom is 0.677 e. The van der Waals surface area contributed by atoms with Gasteiger partial charge in [0, 0.05) is 54.8 Å². The molecule has 0 N–H and O–H groups in total. The van der Waals surface area contributed by atoms with Crippen LogP contribution in [0, 0.1) is 20.8 Å². The number of para-hydroxylation sites is 1. The predicted molar refractivity (Wildman–Crippen MR) is 320 cm³/mol. The summed E-state index contributed by atoms with van der Waals surface area (Å²) in [7, 11) is -3.21. The van der Waals surface area contributed by atoms with Crippen LogP contribution >= 0.6 is 0 Å². The summed E-state index contributed by atoms with van der Waals surface area (Å²) in [6.45, 7) is 9.01. The van der Waals surface area contributed by atoms with Crippen molar-refractivity contribution >= 4 is 80.1 Å². The molecule has 1 aliphatic heterocycles. The summed E-state index contributed by atoms with van der Waals surface area (Å²) in [5, 5.41) is -2.36. The molecule has 0 radical (unpaired) electrons. The molecular formula is C67H44BF14N3O9. The number of nitrogens with zero attached hydrogens (tertiary/aromatic N) is 3. The van der Waals surface area contributed by atoms with Crippen molar-refractivity contribution in [3.8, 4) is 33.7 Å². The zero-order chi connectivity index (χ0) is 68.2. The van der Waals surface area contributed by atoms with Crippen LogP contribution in [0.2, 0.25) is 0 Å². The van der Waals surface area contributed by atoms with E-state index in [0.717, 1.165) is 24.3 Å². The average Bonchev–Trinajstić information content (AvgIpc) is 0.858. The van der Waals surface area contributed by atoms with Crippen molar-refractivity contribution < 1.29 is 94.3 Å². The van der Waals surface area contributed by atoms with Crippen LogP contribution < -0.4 is 15.9 Å². The number of aliphatic imine (C=N–C) groups is 1. The van der Waals surface area contributed by atoms with Crippen LogP contribution in [-0.4, -0.2) is 53.3 Å². The van der Waals surface area contributed by atoms with Gasteiger partial charge in [-0.25, -0.2) is 14.2 Å². The van der Waals surface area contributed by atoms with Crippen LogP contribution in [0.5, 0.6) is 5.75 Å². The Balaban J connectivity index is 1.04. The van der Waals surface area contributed by atoms with Crippen molar-refractivity contribution in [3.63, 3.8) is 0 Å². The minimum atomic E-state index is -5.43. The topological polar surface area (TPSA) is 148 Å². The Labute approximate surface area is 521 Å². The van der Waals surface area contributed by atoms with Crippen molar-refractivity contribution in [1.82, 2.24) is 9.05 Å². The van der Waals surface area contributed by atoms with Gasteiger partial charge >= 0.3 is 50.0 Å². The predicted octanol–water partition coefficient (Wildman–Crippen LogP) is 16.8. The summed E-state index contributed by atoms with van der Waals surface area (Å²) in [5.74, 6) is -2.60. The van der Waals surface area contributed by atoms with Crippen molar-refractivity contribution in [1.29, 1.82) is 0 Å². The number of fused-ring (bicyclic) bond motifs is 2. The first-order valence-electron chi connectivity index (χ1n) is 28.3. The molecule has 12 nitrogen and oxygen atoms in total. The van der Waals surface area contributed by atoms with E-state index in [1.54, 1.807) is 20.8 Å². The first kappa shape index (κ1) is 65.2. The van der Waals surface area contributed by atoms with E-state index in [0.29, 0.717) is 44.4 Å². The zero-order valence-corrected chi connectivity index (χ0v) is 49.6. The van der Waals surface area contributed by atoms with Crippen LogP contribution in [-0.2, 0) is 50.2 Å². The third kappa shape index (κ3) is 11.7. The number of ether oxygens (including phenoxy) is 3. The van der Waals surface area contributed by atoms with Gasteiger partial charge in [-0.05, 0) is 171 Å². The number of esters is 3. The molecule has 27 heteroatoms. The number of allylic oxidation sites excluding steroid dienone is 1. The number of hydrogen-bond donors (Lipinski definition) is 0. The van der Waals surface area contributed by atoms with Crippen molar-refractivity contribution in [2.45, 2.75) is 72.7 Å². The number of aromatic nitrogens is 2. The van der Waals surface area contributed by atoms with E-state index in [2.05, 4.69) is 4.99 Å². The van der Waals surface area contributed by atoms with Gasteiger partial charge in [0.15, 0.2) is 0 Å². The Morgan fingerprint density at radius 1 is 0.585 bits per heavy atom. The van der Waals surface area contributed by atoms with Gasteiger partial charge in [0.1, 0.15) is 16.9 Å². The van der Waals surface area contributed by atoms with E-state index in [-0.39, 0.29) is 109 Å². The number of rotatable bonds is 13. The van der Waals surface area contributed by atoms with E-state index in [4.69, 9.17) is 18.6 Å². The van der Waals surface area contributed by atoms with Gasteiger partial charge in [0.05, 0.1) is 70.1 Å². The molecule has 0 spiro atoms. The van der Waals surface area contributed by atoms with Gasteiger partial charge in [-0.1, -0.05) is 30.3 Å². The largest absolute Gasteiger partial charge is 0.677 e. The lowest BCUT2D eigenvalue weighted by Gasteiger charge is -2.21. The van der Waals surface area contributed by atoms with Gasteiger partial charge in [-0.3, -0.25) is 28.0 Å². The lowest BCUT2D eigenvalue weighted by molar-refractivity contribution is -0.144. The van der Waals surface area contributed by atoms with Gasteiger partial charge in [-0.2, -0.15) is 52.7 Å². The maximum atomic E-state index is 15.2. The number of halogens is 14. The molecule has 4 heterocycles. The summed E-state index contributed by atoms with van der Waals surface area (Å²) in [5.41, 5.74) is -12.8. The first-order valence-corrected chi connectivity index (χ1v) is 28.3. The number of hydrogen-bond acceptors (Lipinski definition) is 10. The van der Waals surface area contributed by atoms with Crippen LogP contribution in [0.1, 0.15) is 87.0 Å². The van der Waals surface area contributed by atoms with Crippen molar-refractivity contribution in [3.05, 3.63) is 215 Å². The quantitative estimate of drug-likeness (QED) is 0.0275. The monoisotopic (exact) mass is 1310 g/mol. The molecule has 11 rings (SSSR count). The number of alkyl halides is 12. The number of carbonyl (C=O) groups is 3. The Bertz CT molecular complexity index is 4950. The number of carbonyl (C=O) groups excluding carboxylic acids is 3. The molecule has 3 aromatic heterocycles. The molecule has 10 aromatic rings. The lowest BCUT2D eigenvalue weighted by Crippen LogP contribution is -2.32. The summed E-state index contributed by atoms with van der Waals surface area (Å²) in [6, 6.07) is 17.0. The van der Waals surface area contributed by atoms with E-state index in [1.807, 2.05) is 0 Å². The van der Waals surface area contributed by atoms with Gasteiger partial charge < -0.3 is 23.1 Å². The van der Waals surface area contributed by atoms with Gasteiger partial charge in [0.25, 0.3) is 11.1 Å². The average molecular weight is 1310 g/mol. The second-order valence-electron chi connectivity index (χ2n) is 21.9. The molecule has 1 aliphatic rings. The fraction of sp³-hybridized carbons (Fsp3) is 0.194. The van der Waals surface area contributed by atoms with E-state index < -0.39 is 134 Å². The minimum absolute atomic E-state index is 0.00564. The SMILES string of the molecule is CCOC(=O)C1=C/C(=C(\c2c(C)cc(OC(=O)Cc3ccc(-n4c(=O)c5cc(-c6cc(C(F)(F)F)cc(C(F)(F)F)c6)c6oc7ccccc7c7c(-c8cc(C(F)(F)F)cc(C(F)(F)F)c8)cc(c4=O)c5c67)cc3)cc2C)c2cc(C(=O)OCC)c(C)n2B(F)F)N=C1C. The molecule has 0 bridgehead atoms. The zero-order valence-electron chi connectivity index (χ0n) is 49.6. The molecular weight excluding hydrogens is 1270 g/mol. The second kappa shape index (κ2) is 23.7. The first-order chi connectivity index (χ1) is 44.1.